The molecule has 0 spiro atoms. The van der Waals surface area contributed by atoms with Crippen LogP contribution in [0.25, 0.3) is 10.9 Å². The van der Waals surface area contributed by atoms with E-state index in [9.17, 15) is 23.6 Å². The summed E-state index contributed by atoms with van der Waals surface area (Å²) in [7, 11) is 0. The van der Waals surface area contributed by atoms with Crippen molar-refractivity contribution in [2.24, 2.45) is 0 Å². The van der Waals surface area contributed by atoms with Gasteiger partial charge in [0, 0.05) is 24.3 Å². The maximum atomic E-state index is 13.3. The molecule has 3 aromatic carbocycles. The average molecular weight is 517 g/mol. The Hall–Kier alpha value is -4.53. The third-order valence-electron chi connectivity index (χ3n) is 6.22. The van der Waals surface area contributed by atoms with Crippen LogP contribution in [0.5, 0.6) is 0 Å². The van der Waals surface area contributed by atoms with Crippen molar-refractivity contribution in [3.05, 3.63) is 105 Å². The zero-order valence-electron chi connectivity index (χ0n) is 21.1. The Balaban J connectivity index is 1.46. The minimum Gasteiger partial charge on any atom is -0.326 e. The highest BCUT2D eigenvalue weighted by atomic mass is 19.1. The van der Waals surface area contributed by atoms with Crippen molar-refractivity contribution in [1.29, 1.82) is 0 Å². The highest BCUT2D eigenvalue weighted by Crippen LogP contribution is 2.13. The standard InChI is InChI=1S/C29H29FN4O4/c1-2-20-8-7-9-23(18-20)32-27(36)19-34-25-11-4-3-10-24(25)28(37)33(29(34)38)17-6-5-12-26(35)31-22-15-13-21(30)14-16-22/h3-4,7-11,13-16,18H,2,5-6,12,17,19H2,1H3,(H,31,35)(H,32,36). The second kappa shape index (κ2) is 12.1. The summed E-state index contributed by atoms with van der Waals surface area (Å²) in [5.74, 6) is -1.02. The number of hydrogen-bond acceptors (Lipinski definition) is 4. The number of hydrogen-bond donors (Lipinski definition) is 2. The first-order valence-electron chi connectivity index (χ1n) is 12.5. The van der Waals surface area contributed by atoms with Gasteiger partial charge in [0.1, 0.15) is 12.4 Å². The summed E-state index contributed by atoms with van der Waals surface area (Å²) in [5.41, 5.74) is 1.57. The Morgan fingerprint density at radius 3 is 2.32 bits per heavy atom. The third-order valence-corrected chi connectivity index (χ3v) is 6.22. The lowest BCUT2D eigenvalue weighted by atomic mass is 10.1. The van der Waals surface area contributed by atoms with E-state index < -0.39 is 17.1 Å². The Bertz CT molecular complexity index is 1570. The van der Waals surface area contributed by atoms with Crippen LogP contribution in [-0.2, 0) is 29.1 Å². The van der Waals surface area contributed by atoms with Crippen LogP contribution in [0.15, 0.2) is 82.4 Å². The van der Waals surface area contributed by atoms with Crippen molar-refractivity contribution in [2.75, 3.05) is 10.6 Å². The van der Waals surface area contributed by atoms with Gasteiger partial charge in [-0.3, -0.25) is 23.5 Å². The van der Waals surface area contributed by atoms with Gasteiger partial charge in [-0.05, 0) is 73.4 Å². The van der Waals surface area contributed by atoms with Gasteiger partial charge in [0.15, 0.2) is 0 Å². The summed E-state index contributed by atoms with van der Waals surface area (Å²) in [4.78, 5) is 51.5. The highest BCUT2D eigenvalue weighted by Gasteiger charge is 2.15. The first-order valence-corrected chi connectivity index (χ1v) is 12.5. The first kappa shape index (κ1) is 26.5. The molecule has 196 valence electrons. The lowest BCUT2D eigenvalue weighted by molar-refractivity contribution is -0.117. The van der Waals surface area contributed by atoms with Crippen LogP contribution in [0.3, 0.4) is 0 Å². The quantitative estimate of drug-likeness (QED) is 0.307. The molecule has 0 atom stereocenters. The number of carbonyl (C=O) groups excluding carboxylic acids is 2. The van der Waals surface area contributed by atoms with Gasteiger partial charge < -0.3 is 10.6 Å². The highest BCUT2D eigenvalue weighted by molar-refractivity contribution is 5.92. The topological polar surface area (TPSA) is 102 Å². The summed E-state index contributed by atoms with van der Waals surface area (Å²) < 4.78 is 15.4. The van der Waals surface area contributed by atoms with Crippen molar-refractivity contribution >= 4 is 34.1 Å². The Morgan fingerprint density at radius 1 is 0.816 bits per heavy atom. The molecule has 0 unspecified atom stereocenters. The van der Waals surface area contributed by atoms with Crippen LogP contribution in [0.1, 0.15) is 31.7 Å². The predicted molar refractivity (Wildman–Crippen MR) is 146 cm³/mol. The summed E-state index contributed by atoms with van der Waals surface area (Å²) in [6.07, 6.45) is 1.83. The van der Waals surface area contributed by atoms with Crippen LogP contribution < -0.4 is 21.9 Å². The number of anilines is 2. The summed E-state index contributed by atoms with van der Waals surface area (Å²) in [6.45, 7) is 1.87. The molecule has 1 heterocycles. The summed E-state index contributed by atoms with van der Waals surface area (Å²) >= 11 is 0. The Kier molecular flexibility index (Phi) is 8.47. The van der Waals surface area contributed by atoms with Gasteiger partial charge in [0.2, 0.25) is 11.8 Å². The fraction of sp³-hybridized carbons (Fsp3) is 0.241. The molecule has 0 aliphatic carbocycles. The molecule has 9 heteroatoms. The molecule has 38 heavy (non-hydrogen) atoms. The maximum Gasteiger partial charge on any atom is 0.331 e. The van der Waals surface area contributed by atoms with Gasteiger partial charge in [-0.15, -0.1) is 0 Å². The number of nitrogens with zero attached hydrogens (tertiary/aromatic N) is 2. The van der Waals surface area contributed by atoms with Crippen LogP contribution in [0.2, 0.25) is 0 Å². The first-order chi connectivity index (χ1) is 18.4. The molecule has 4 rings (SSSR count). The van der Waals surface area contributed by atoms with Gasteiger partial charge in [0.05, 0.1) is 10.9 Å². The summed E-state index contributed by atoms with van der Waals surface area (Å²) in [5, 5.41) is 5.85. The molecule has 0 aliphatic heterocycles. The van der Waals surface area contributed by atoms with E-state index in [4.69, 9.17) is 0 Å². The minimum absolute atomic E-state index is 0.104. The fourth-order valence-electron chi connectivity index (χ4n) is 4.25. The third kappa shape index (κ3) is 6.42. The number of rotatable bonds is 10. The monoisotopic (exact) mass is 516 g/mol. The van der Waals surface area contributed by atoms with Gasteiger partial charge in [-0.1, -0.05) is 31.2 Å². The van der Waals surface area contributed by atoms with Crippen LogP contribution in [-0.4, -0.2) is 20.9 Å². The molecule has 0 aliphatic rings. The number of amides is 2. The molecular formula is C29H29FN4O4. The zero-order chi connectivity index (χ0) is 27.1. The average Bonchev–Trinajstić information content (AvgIpc) is 2.92. The van der Waals surface area contributed by atoms with E-state index in [-0.39, 0.29) is 31.3 Å². The number of halogens is 1. The lowest BCUT2D eigenvalue weighted by Gasteiger charge is -2.14. The van der Waals surface area contributed by atoms with Crippen LogP contribution >= 0.6 is 0 Å². The molecule has 4 aromatic rings. The van der Waals surface area contributed by atoms with Gasteiger partial charge in [-0.2, -0.15) is 0 Å². The number of fused-ring (bicyclic) bond motifs is 1. The summed E-state index contributed by atoms with van der Waals surface area (Å²) in [6, 6.07) is 19.6. The molecule has 0 saturated carbocycles. The lowest BCUT2D eigenvalue weighted by Crippen LogP contribution is -2.41. The molecule has 0 saturated heterocycles. The SMILES string of the molecule is CCc1cccc(NC(=O)Cn2c(=O)n(CCCCC(=O)Nc3ccc(F)cc3)c(=O)c3ccccc32)c1. The van der Waals surface area contributed by atoms with E-state index in [1.54, 1.807) is 30.3 Å². The Morgan fingerprint density at radius 2 is 1.55 bits per heavy atom. The predicted octanol–water partition coefficient (Wildman–Crippen LogP) is 4.31. The second-order valence-corrected chi connectivity index (χ2v) is 8.96. The number of para-hydroxylation sites is 1. The largest absolute Gasteiger partial charge is 0.331 e. The number of benzene rings is 3. The second-order valence-electron chi connectivity index (χ2n) is 8.96. The number of nitrogens with one attached hydrogen (secondary N) is 2. The smallest absolute Gasteiger partial charge is 0.326 e. The molecule has 0 radical (unpaired) electrons. The van der Waals surface area contributed by atoms with E-state index in [1.807, 2.05) is 25.1 Å². The maximum absolute atomic E-state index is 13.3. The van der Waals surface area contributed by atoms with E-state index >= 15 is 0 Å². The molecule has 8 nitrogen and oxygen atoms in total. The van der Waals surface area contributed by atoms with Crippen molar-refractivity contribution in [2.45, 2.75) is 45.7 Å². The Labute approximate surface area is 218 Å². The van der Waals surface area contributed by atoms with E-state index in [2.05, 4.69) is 10.6 Å². The molecule has 2 N–H and O–H groups in total. The van der Waals surface area contributed by atoms with Crippen molar-refractivity contribution in [3.63, 3.8) is 0 Å². The van der Waals surface area contributed by atoms with Crippen LogP contribution in [0.4, 0.5) is 15.8 Å². The van der Waals surface area contributed by atoms with Crippen molar-refractivity contribution in [3.8, 4) is 0 Å². The number of aromatic nitrogens is 2. The van der Waals surface area contributed by atoms with Crippen molar-refractivity contribution in [1.82, 2.24) is 9.13 Å². The van der Waals surface area contributed by atoms with E-state index in [1.165, 1.54) is 28.8 Å². The van der Waals surface area contributed by atoms with Gasteiger partial charge in [0.25, 0.3) is 5.56 Å². The molecule has 2 amide bonds. The van der Waals surface area contributed by atoms with Gasteiger partial charge >= 0.3 is 5.69 Å². The number of aryl methyl sites for hydroxylation is 1. The number of carbonyl (C=O) groups is 2. The van der Waals surface area contributed by atoms with Crippen molar-refractivity contribution < 1.29 is 14.0 Å². The minimum atomic E-state index is -0.582. The van der Waals surface area contributed by atoms with Crippen LogP contribution in [0, 0.1) is 5.82 Å². The fourth-order valence-corrected chi connectivity index (χ4v) is 4.25. The zero-order valence-corrected chi connectivity index (χ0v) is 21.1. The normalized spacial score (nSPS) is 10.9. The molecule has 0 bridgehead atoms. The molecule has 0 fully saturated rings. The van der Waals surface area contributed by atoms with E-state index in [0.717, 1.165) is 16.6 Å². The molecule has 1 aromatic heterocycles. The van der Waals surface area contributed by atoms with E-state index in [0.29, 0.717) is 35.1 Å². The molecular weight excluding hydrogens is 487 g/mol. The van der Waals surface area contributed by atoms with Gasteiger partial charge in [-0.25, -0.2) is 9.18 Å². The number of unbranched alkanes of at least 4 members (excludes halogenated alkanes) is 1.